The van der Waals surface area contributed by atoms with Crippen molar-refractivity contribution in [3.05, 3.63) is 65.5 Å². The molecule has 2 heterocycles. The second-order valence-corrected chi connectivity index (χ2v) is 7.41. The van der Waals surface area contributed by atoms with Crippen molar-refractivity contribution in [1.82, 2.24) is 14.8 Å². The van der Waals surface area contributed by atoms with Gasteiger partial charge in [0, 0.05) is 0 Å². The zero-order valence-corrected chi connectivity index (χ0v) is 16.7. The van der Waals surface area contributed by atoms with Gasteiger partial charge in [-0.05, 0) is 41.2 Å². The third-order valence-corrected chi connectivity index (χ3v) is 5.43. The zero-order chi connectivity index (χ0) is 19.7. The van der Waals surface area contributed by atoms with Crippen molar-refractivity contribution in [2.75, 3.05) is 19.5 Å². The molecule has 0 spiro atoms. The van der Waals surface area contributed by atoms with E-state index in [0.717, 1.165) is 29.4 Å². The summed E-state index contributed by atoms with van der Waals surface area (Å²) in [5.74, 6) is 2.75. The maximum atomic E-state index is 5.50. The topological polar surface area (TPSA) is 61.2 Å². The lowest BCUT2D eigenvalue weighted by atomic mass is 9.92. The number of nitrogens with one attached hydrogen (secondary N) is 1. The Bertz CT molecular complexity index is 949. The summed E-state index contributed by atoms with van der Waals surface area (Å²) in [5, 5.41) is 7.98. The summed E-state index contributed by atoms with van der Waals surface area (Å²) in [6, 6.07) is 15.1. The van der Waals surface area contributed by atoms with Crippen LogP contribution in [0.25, 0.3) is 0 Å². The van der Waals surface area contributed by atoms with Gasteiger partial charge in [0.05, 0.1) is 26.3 Å². The standard InChI is InChI=1S/C22H26N4O2/c1-14(2)15-5-7-16(8-6-15)18-12-19(26-22(25-18)23-13-24-26)17-9-10-20(27-3)21(11-17)28-4/h5-11,13-14,18-19H,12H2,1-4H3,(H,23,24,25)/t18-,19+/m1/s1. The minimum Gasteiger partial charge on any atom is -0.493 e. The number of anilines is 1. The third-order valence-electron chi connectivity index (χ3n) is 5.43. The summed E-state index contributed by atoms with van der Waals surface area (Å²) in [6.07, 6.45) is 2.47. The van der Waals surface area contributed by atoms with Crippen LogP contribution in [-0.4, -0.2) is 29.0 Å². The lowest BCUT2D eigenvalue weighted by Gasteiger charge is -2.32. The molecule has 3 aromatic rings. The van der Waals surface area contributed by atoms with Crippen molar-refractivity contribution >= 4 is 5.95 Å². The van der Waals surface area contributed by atoms with Gasteiger partial charge >= 0.3 is 0 Å². The molecule has 6 heteroatoms. The first-order chi connectivity index (χ1) is 13.6. The molecule has 28 heavy (non-hydrogen) atoms. The predicted octanol–water partition coefficient (Wildman–Crippen LogP) is 4.57. The molecule has 0 saturated carbocycles. The van der Waals surface area contributed by atoms with E-state index in [1.54, 1.807) is 20.5 Å². The Hall–Kier alpha value is -3.02. The van der Waals surface area contributed by atoms with Gasteiger partial charge < -0.3 is 14.8 Å². The summed E-state index contributed by atoms with van der Waals surface area (Å²) in [5.41, 5.74) is 3.72. The van der Waals surface area contributed by atoms with Crippen molar-refractivity contribution in [2.45, 2.75) is 38.3 Å². The SMILES string of the molecule is COc1ccc([C@@H]2C[C@H](c3ccc(C(C)C)cc3)Nc3ncnn32)cc1OC. The van der Waals surface area contributed by atoms with Crippen LogP contribution < -0.4 is 14.8 Å². The molecule has 146 valence electrons. The van der Waals surface area contributed by atoms with Crippen molar-refractivity contribution in [2.24, 2.45) is 0 Å². The average molecular weight is 378 g/mol. The number of rotatable bonds is 5. The van der Waals surface area contributed by atoms with Crippen molar-refractivity contribution < 1.29 is 9.47 Å². The molecule has 0 unspecified atom stereocenters. The Labute approximate surface area is 165 Å². The van der Waals surface area contributed by atoms with E-state index < -0.39 is 0 Å². The van der Waals surface area contributed by atoms with Crippen LogP contribution in [0.1, 0.15) is 55.0 Å². The number of fused-ring (bicyclic) bond motifs is 1. The second-order valence-electron chi connectivity index (χ2n) is 7.41. The summed E-state index contributed by atoms with van der Waals surface area (Å²) >= 11 is 0. The van der Waals surface area contributed by atoms with Crippen LogP contribution in [0, 0.1) is 0 Å². The summed E-state index contributed by atoms with van der Waals surface area (Å²) < 4.78 is 12.8. The fourth-order valence-electron chi connectivity index (χ4n) is 3.79. The Kier molecular flexibility index (Phi) is 4.94. The van der Waals surface area contributed by atoms with Gasteiger partial charge in [-0.3, -0.25) is 0 Å². The molecule has 4 rings (SSSR count). The van der Waals surface area contributed by atoms with Gasteiger partial charge in [0.25, 0.3) is 0 Å². The first kappa shape index (κ1) is 18.3. The Morgan fingerprint density at radius 2 is 1.71 bits per heavy atom. The molecule has 0 saturated heterocycles. The first-order valence-electron chi connectivity index (χ1n) is 9.58. The van der Waals surface area contributed by atoms with Gasteiger partial charge in [-0.15, -0.1) is 0 Å². The molecule has 6 nitrogen and oxygen atoms in total. The molecule has 1 aliphatic heterocycles. The fraction of sp³-hybridized carbons (Fsp3) is 0.364. The van der Waals surface area contributed by atoms with Crippen molar-refractivity contribution in [3.63, 3.8) is 0 Å². The van der Waals surface area contributed by atoms with Crippen molar-refractivity contribution in [3.8, 4) is 11.5 Å². The number of aromatic nitrogens is 3. The maximum absolute atomic E-state index is 5.50. The van der Waals surface area contributed by atoms with Crippen LogP contribution in [0.2, 0.25) is 0 Å². The van der Waals surface area contributed by atoms with Crippen LogP contribution in [0.3, 0.4) is 0 Å². The first-order valence-corrected chi connectivity index (χ1v) is 9.58. The molecule has 0 amide bonds. The highest BCUT2D eigenvalue weighted by Gasteiger charge is 2.30. The van der Waals surface area contributed by atoms with E-state index in [4.69, 9.17) is 9.47 Å². The van der Waals surface area contributed by atoms with Gasteiger partial charge in [-0.1, -0.05) is 44.2 Å². The highest BCUT2D eigenvalue weighted by atomic mass is 16.5. The van der Waals surface area contributed by atoms with E-state index in [9.17, 15) is 0 Å². The number of benzene rings is 2. The van der Waals surface area contributed by atoms with Gasteiger partial charge in [-0.25, -0.2) is 4.68 Å². The molecular formula is C22H26N4O2. The van der Waals surface area contributed by atoms with Crippen molar-refractivity contribution in [1.29, 1.82) is 0 Å². The minimum absolute atomic E-state index is 0.0633. The highest BCUT2D eigenvalue weighted by Crippen LogP contribution is 2.40. The largest absolute Gasteiger partial charge is 0.493 e. The third kappa shape index (κ3) is 3.30. The predicted molar refractivity (Wildman–Crippen MR) is 109 cm³/mol. The minimum atomic E-state index is 0.0633. The fourth-order valence-corrected chi connectivity index (χ4v) is 3.79. The molecule has 1 aliphatic rings. The monoisotopic (exact) mass is 378 g/mol. The quantitative estimate of drug-likeness (QED) is 0.705. The summed E-state index contributed by atoms with van der Waals surface area (Å²) in [7, 11) is 3.30. The number of nitrogens with zero attached hydrogens (tertiary/aromatic N) is 3. The molecule has 0 fully saturated rings. The normalized spacial score (nSPS) is 18.5. The van der Waals surface area contributed by atoms with Gasteiger partial charge in [0.1, 0.15) is 6.33 Å². The van der Waals surface area contributed by atoms with Crippen LogP contribution >= 0.6 is 0 Å². The van der Waals surface area contributed by atoms with Crippen LogP contribution in [-0.2, 0) is 0 Å². The molecule has 2 atom stereocenters. The zero-order valence-electron chi connectivity index (χ0n) is 16.7. The second kappa shape index (κ2) is 7.54. The molecule has 2 aromatic carbocycles. The molecule has 0 bridgehead atoms. The average Bonchev–Trinajstić information content (AvgIpc) is 3.21. The van der Waals surface area contributed by atoms with E-state index in [0.29, 0.717) is 5.92 Å². The summed E-state index contributed by atoms with van der Waals surface area (Å²) in [6.45, 7) is 4.42. The lowest BCUT2D eigenvalue weighted by molar-refractivity contribution is 0.352. The Balaban J connectivity index is 1.68. The Morgan fingerprint density at radius 3 is 2.39 bits per heavy atom. The molecule has 0 aliphatic carbocycles. The summed E-state index contributed by atoms with van der Waals surface area (Å²) in [4.78, 5) is 4.42. The lowest BCUT2D eigenvalue weighted by Crippen LogP contribution is -2.28. The van der Waals surface area contributed by atoms with E-state index in [1.165, 1.54) is 11.1 Å². The number of hydrogen-bond acceptors (Lipinski definition) is 5. The van der Waals surface area contributed by atoms with Crippen LogP contribution in [0.15, 0.2) is 48.8 Å². The number of ether oxygens (including phenoxy) is 2. The number of methoxy groups -OCH3 is 2. The highest BCUT2D eigenvalue weighted by molar-refractivity contribution is 5.46. The van der Waals surface area contributed by atoms with Crippen LogP contribution in [0.5, 0.6) is 11.5 Å². The molecule has 0 radical (unpaired) electrons. The molecular weight excluding hydrogens is 352 g/mol. The smallest absolute Gasteiger partial charge is 0.222 e. The Morgan fingerprint density at radius 1 is 1.00 bits per heavy atom. The van der Waals surface area contributed by atoms with Gasteiger partial charge in [0.15, 0.2) is 11.5 Å². The van der Waals surface area contributed by atoms with E-state index in [-0.39, 0.29) is 12.1 Å². The number of hydrogen-bond donors (Lipinski definition) is 1. The maximum Gasteiger partial charge on any atom is 0.222 e. The molecule has 1 aromatic heterocycles. The van der Waals surface area contributed by atoms with E-state index >= 15 is 0 Å². The molecule has 1 N–H and O–H groups in total. The van der Waals surface area contributed by atoms with E-state index in [2.05, 4.69) is 59.6 Å². The van der Waals surface area contributed by atoms with Gasteiger partial charge in [0.2, 0.25) is 5.95 Å². The van der Waals surface area contributed by atoms with Crippen LogP contribution in [0.4, 0.5) is 5.95 Å². The van der Waals surface area contributed by atoms with E-state index in [1.807, 2.05) is 16.8 Å². The van der Waals surface area contributed by atoms with Gasteiger partial charge in [-0.2, -0.15) is 10.1 Å².